The van der Waals surface area contributed by atoms with Gasteiger partial charge in [0.05, 0.1) is 6.20 Å². The second-order valence-electron chi connectivity index (χ2n) is 4.04. The summed E-state index contributed by atoms with van der Waals surface area (Å²) in [6.45, 7) is 0.861. The maximum Gasteiger partial charge on any atom is 0.262 e. The van der Waals surface area contributed by atoms with Gasteiger partial charge < -0.3 is 5.73 Å². The molecule has 1 aromatic heterocycles. The van der Waals surface area contributed by atoms with E-state index in [1.54, 1.807) is 0 Å². The van der Waals surface area contributed by atoms with Crippen molar-refractivity contribution in [3.05, 3.63) is 18.6 Å². The fourth-order valence-electron chi connectivity index (χ4n) is 2.06. The second-order valence-corrected chi connectivity index (χ2v) is 5.88. The van der Waals surface area contributed by atoms with Gasteiger partial charge in [-0.2, -0.15) is 4.31 Å². The summed E-state index contributed by atoms with van der Waals surface area (Å²) < 4.78 is 26.1. The Hall–Kier alpha value is -0.760. The van der Waals surface area contributed by atoms with Crippen LogP contribution in [0, 0.1) is 0 Å². The molecule has 0 bridgehead atoms. The van der Waals surface area contributed by atoms with Crippen LogP contribution < -0.4 is 5.73 Å². The van der Waals surface area contributed by atoms with Crippen LogP contribution in [0.1, 0.15) is 19.3 Å². The van der Waals surface area contributed by atoms with Crippen LogP contribution in [-0.4, -0.2) is 41.8 Å². The van der Waals surface area contributed by atoms with E-state index >= 15 is 0 Å². The first-order valence-electron chi connectivity index (χ1n) is 5.64. The van der Waals surface area contributed by atoms with Gasteiger partial charge in [0.25, 0.3) is 10.0 Å². The van der Waals surface area contributed by atoms with Gasteiger partial charge >= 0.3 is 0 Å². The smallest absolute Gasteiger partial charge is 0.262 e. The zero-order valence-corrected chi connectivity index (χ0v) is 11.5. The van der Waals surface area contributed by atoms with Crippen LogP contribution in [0.3, 0.4) is 0 Å². The standard InChI is InChI=1S/C10H16N4O2S.ClH/c11-7-9-3-1-2-6-14(9)17(15,16)10-8-12-4-5-13-10;/h4-5,8-9H,1-3,6-7,11H2;1H. The highest BCUT2D eigenvalue weighted by Gasteiger charge is 2.33. The van der Waals surface area contributed by atoms with Gasteiger partial charge in [-0.3, -0.25) is 4.98 Å². The minimum atomic E-state index is -3.54. The molecule has 1 saturated heterocycles. The largest absolute Gasteiger partial charge is 0.329 e. The maximum atomic E-state index is 12.3. The van der Waals surface area contributed by atoms with E-state index in [-0.39, 0.29) is 23.5 Å². The summed E-state index contributed by atoms with van der Waals surface area (Å²) in [6, 6.07) is -0.115. The minimum absolute atomic E-state index is 0. The summed E-state index contributed by atoms with van der Waals surface area (Å²) in [5, 5.41) is 0.000324. The molecule has 2 N–H and O–H groups in total. The molecule has 0 saturated carbocycles. The highest BCUT2D eigenvalue weighted by molar-refractivity contribution is 7.89. The highest BCUT2D eigenvalue weighted by Crippen LogP contribution is 2.23. The van der Waals surface area contributed by atoms with Crippen LogP contribution in [0.2, 0.25) is 0 Å². The number of nitrogens with zero attached hydrogens (tertiary/aromatic N) is 3. The third-order valence-electron chi connectivity index (χ3n) is 2.96. The van der Waals surface area contributed by atoms with Crippen molar-refractivity contribution < 1.29 is 8.42 Å². The molecule has 0 aromatic carbocycles. The lowest BCUT2D eigenvalue weighted by Crippen LogP contribution is -2.47. The van der Waals surface area contributed by atoms with E-state index in [1.807, 2.05) is 0 Å². The average Bonchev–Trinajstić information content (AvgIpc) is 2.39. The predicted octanol–water partition coefficient (Wildman–Crippen LogP) is 0.400. The molecule has 1 unspecified atom stereocenters. The van der Waals surface area contributed by atoms with E-state index in [4.69, 9.17) is 5.73 Å². The molecular weight excluding hydrogens is 276 g/mol. The molecule has 1 aliphatic rings. The molecule has 18 heavy (non-hydrogen) atoms. The van der Waals surface area contributed by atoms with E-state index in [0.717, 1.165) is 19.3 Å². The normalized spacial score (nSPS) is 21.3. The number of piperidine rings is 1. The number of hydrogen-bond donors (Lipinski definition) is 1. The van der Waals surface area contributed by atoms with Gasteiger partial charge in [-0.05, 0) is 12.8 Å². The first-order valence-corrected chi connectivity index (χ1v) is 7.08. The minimum Gasteiger partial charge on any atom is -0.329 e. The Morgan fingerprint density at radius 2 is 2.17 bits per heavy atom. The SMILES string of the molecule is Cl.NCC1CCCCN1S(=O)(=O)c1cnccn1. The van der Waals surface area contributed by atoms with Crippen LogP contribution in [0.4, 0.5) is 0 Å². The molecule has 0 aliphatic carbocycles. The molecule has 1 fully saturated rings. The van der Waals surface area contributed by atoms with Gasteiger partial charge in [0.1, 0.15) is 0 Å². The number of sulfonamides is 1. The molecule has 0 radical (unpaired) electrons. The topological polar surface area (TPSA) is 89.2 Å². The monoisotopic (exact) mass is 292 g/mol. The zero-order chi connectivity index (χ0) is 12.3. The van der Waals surface area contributed by atoms with Crippen molar-refractivity contribution in [1.29, 1.82) is 0 Å². The Bertz CT molecular complexity index is 468. The number of hydrogen-bond acceptors (Lipinski definition) is 5. The predicted molar refractivity (Wildman–Crippen MR) is 69.9 cm³/mol. The summed E-state index contributed by atoms with van der Waals surface area (Å²) >= 11 is 0. The first-order chi connectivity index (χ1) is 8.16. The summed E-state index contributed by atoms with van der Waals surface area (Å²) in [5.41, 5.74) is 5.63. The van der Waals surface area contributed by atoms with Crippen molar-refractivity contribution in [1.82, 2.24) is 14.3 Å². The van der Waals surface area contributed by atoms with Gasteiger partial charge in [0.2, 0.25) is 0 Å². The molecule has 102 valence electrons. The molecule has 2 heterocycles. The van der Waals surface area contributed by atoms with Crippen molar-refractivity contribution in [2.45, 2.75) is 30.3 Å². The van der Waals surface area contributed by atoms with Crippen molar-refractivity contribution in [2.24, 2.45) is 5.73 Å². The molecule has 0 amide bonds. The summed E-state index contributed by atoms with van der Waals surface area (Å²) in [4.78, 5) is 7.66. The Balaban J connectivity index is 0.00000162. The van der Waals surface area contributed by atoms with Gasteiger partial charge in [-0.15, -0.1) is 12.4 Å². The molecule has 1 atom stereocenters. The van der Waals surface area contributed by atoms with Gasteiger partial charge in [-0.25, -0.2) is 13.4 Å². The van der Waals surface area contributed by atoms with E-state index in [2.05, 4.69) is 9.97 Å². The number of aromatic nitrogens is 2. The van der Waals surface area contributed by atoms with Crippen LogP contribution >= 0.6 is 12.4 Å². The first kappa shape index (κ1) is 15.3. The van der Waals surface area contributed by atoms with E-state index in [0.29, 0.717) is 13.1 Å². The Kier molecular flexibility index (Phi) is 5.46. The zero-order valence-electron chi connectivity index (χ0n) is 9.90. The molecule has 1 aliphatic heterocycles. The molecule has 0 spiro atoms. The lowest BCUT2D eigenvalue weighted by atomic mass is 10.1. The molecule has 6 nitrogen and oxygen atoms in total. The third-order valence-corrected chi connectivity index (χ3v) is 4.80. The Labute approximate surface area is 113 Å². The van der Waals surface area contributed by atoms with E-state index in [9.17, 15) is 8.42 Å². The Morgan fingerprint density at radius 1 is 1.39 bits per heavy atom. The maximum absolute atomic E-state index is 12.3. The summed E-state index contributed by atoms with van der Waals surface area (Å²) in [6.07, 6.45) is 6.82. The fraction of sp³-hybridized carbons (Fsp3) is 0.600. The summed E-state index contributed by atoms with van der Waals surface area (Å²) in [5.74, 6) is 0. The van der Waals surface area contributed by atoms with Crippen molar-refractivity contribution in [3.8, 4) is 0 Å². The molecule has 1 aromatic rings. The quantitative estimate of drug-likeness (QED) is 0.871. The molecule has 8 heteroatoms. The fourth-order valence-corrected chi connectivity index (χ4v) is 3.65. The van der Waals surface area contributed by atoms with Crippen LogP contribution in [-0.2, 0) is 10.0 Å². The highest BCUT2D eigenvalue weighted by atomic mass is 35.5. The lowest BCUT2D eigenvalue weighted by Gasteiger charge is -2.33. The van der Waals surface area contributed by atoms with Gasteiger partial charge in [0, 0.05) is 31.5 Å². The van der Waals surface area contributed by atoms with Crippen LogP contribution in [0.15, 0.2) is 23.6 Å². The molecular formula is C10H17ClN4O2S. The lowest BCUT2D eigenvalue weighted by molar-refractivity contribution is 0.257. The van der Waals surface area contributed by atoms with Gasteiger partial charge in [-0.1, -0.05) is 6.42 Å². The number of halogens is 1. The number of nitrogens with two attached hydrogens (primary N) is 1. The number of rotatable bonds is 3. The van der Waals surface area contributed by atoms with E-state index in [1.165, 1.54) is 22.9 Å². The van der Waals surface area contributed by atoms with Crippen LogP contribution in [0.5, 0.6) is 0 Å². The van der Waals surface area contributed by atoms with Crippen molar-refractivity contribution in [2.75, 3.05) is 13.1 Å². The third kappa shape index (κ3) is 2.97. The van der Waals surface area contributed by atoms with E-state index < -0.39 is 10.0 Å². The van der Waals surface area contributed by atoms with Gasteiger partial charge in [0.15, 0.2) is 5.03 Å². The molecule has 2 rings (SSSR count). The second kappa shape index (κ2) is 6.42. The van der Waals surface area contributed by atoms with Crippen LogP contribution in [0.25, 0.3) is 0 Å². The Morgan fingerprint density at radius 3 is 2.78 bits per heavy atom. The van der Waals surface area contributed by atoms with Crippen molar-refractivity contribution in [3.63, 3.8) is 0 Å². The average molecular weight is 293 g/mol. The summed E-state index contributed by atoms with van der Waals surface area (Å²) in [7, 11) is -3.54. The van der Waals surface area contributed by atoms with Crippen molar-refractivity contribution >= 4 is 22.4 Å².